The molecule has 0 spiro atoms. The van der Waals surface area contributed by atoms with Gasteiger partial charge in [0.1, 0.15) is 0 Å². The Morgan fingerprint density at radius 3 is 2.91 bits per heavy atom. The van der Waals surface area contributed by atoms with E-state index in [0.29, 0.717) is 11.7 Å². The number of fused-ring (bicyclic) bond motifs is 1. The molecule has 2 aromatic heterocycles. The SMILES string of the molecule is COCCn1cc(NC(=O)Nc2nc(C)cs2)c2ccccc21. The number of nitrogens with one attached hydrogen (secondary N) is 2. The third-order valence-electron chi connectivity index (χ3n) is 3.41. The number of urea groups is 1. The topological polar surface area (TPSA) is 68.2 Å². The van der Waals surface area contributed by atoms with Crippen LogP contribution in [0.1, 0.15) is 5.69 Å². The van der Waals surface area contributed by atoms with Crippen LogP contribution in [-0.2, 0) is 11.3 Å². The van der Waals surface area contributed by atoms with Gasteiger partial charge in [0.25, 0.3) is 0 Å². The highest BCUT2D eigenvalue weighted by Crippen LogP contribution is 2.26. The summed E-state index contributed by atoms with van der Waals surface area (Å²) in [5.74, 6) is 0. The van der Waals surface area contributed by atoms with E-state index in [4.69, 9.17) is 4.74 Å². The highest BCUT2D eigenvalue weighted by Gasteiger charge is 2.11. The van der Waals surface area contributed by atoms with Gasteiger partial charge in [0.05, 0.1) is 23.5 Å². The van der Waals surface area contributed by atoms with Crippen LogP contribution in [0.3, 0.4) is 0 Å². The van der Waals surface area contributed by atoms with E-state index in [-0.39, 0.29) is 6.03 Å². The smallest absolute Gasteiger partial charge is 0.325 e. The van der Waals surface area contributed by atoms with Crippen LogP contribution in [0.5, 0.6) is 0 Å². The van der Waals surface area contributed by atoms with Crippen LogP contribution in [0.4, 0.5) is 15.6 Å². The number of nitrogens with zero attached hydrogens (tertiary/aromatic N) is 2. The summed E-state index contributed by atoms with van der Waals surface area (Å²) in [6, 6.07) is 7.65. The first-order chi connectivity index (χ1) is 11.2. The summed E-state index contributed by atoms with van der Waals surface area (Å²) >= 11 is 1.40. The van der Waals surface area contributed by atoms with Crippen molar-refractivity contribution < 1.29 is 9.53 Å². The number of benzene rings is 1. The number of rotatable bonds is 5. The lowest BCUT2D eigenvalue weighted by molar-refractivity contribution is 0.188. The molecule has 0 bridgehead atoms. The fourth-order valence-corrected chi connectivity index (χ4v) is 3.07. The lowest BCUT2D eigenvalue weighted by atomic mass is 10.2. The molecule has 1 aromatic carbocycles. The predicted molar refractivity (Wildman–Crippen MR) is 93.3 cm³/mol. The maximum atomic E-state index is 12.2. The van der Waals surface area contributed by atoms with Gasteiger partial charge < -0.3 is 14.6 Å². The molecule has 3 rings (SSSR count). The summed E-state index contributed by atoms with van der Waals surface area (Å²) in [5.41, 5.74) is 2.72. The number of methoxy groups -OCH3 is 1. The molecule has 3 aromatic rings. The van der Waals surface area contributed by atoms with Gasteiger partial charge >= 0.3 is 6.03 Å². The number of amides is 2. The van der Waals surface area contributed by atoms with Crippen molar-refractivity contribution in [1.82, 2.24) is 9.55 Å². The number of carbonyl (C=O) groups excluding carboxylic acids is 1. The molecule has 2 amide bonds. The van der Waals surface area contributed by atoms with Crippen molar-refractivity contribution in [3.8, 4) is 0 Å². The second-order valence-electron chi connectivity index (χ2n) is 5.12. The van der Waals surface area contributed by atoms with E-state index < -0.39 is 0 Å². The molecule has 0 radical (unpaired) electrons. The molecule has 120 valence electrons. The number of carbonyl (C=O) groups is 1. The Balaban J connectivity index is 1.80. The standard InChI is InChI=1S/C16H18N4O2S/c1-11-10-23-16(17-11)19-15(21)18-13-9-20(7-8-22-2)14-6-4-3-5-12(13)14/h3-6,9-10H,7-8H2,1-2H3,(H2,17,18,19,21). The number of thiazole rings is 1. The average molecular weight is 330 g/mol. The normalized spacial score (nSPS) is 10.9. The Bertz CT molecular complexity index is 824. The largest absolute Gasteiger partial charge is 0.383 e. The Morgan fingerprint density at radius 1 is 1.35 bits per heavy atom. The second kappa shape index (κ2) is 6.80. The van der Waals surface area contributed by atoms with Gasteiger partial charge in [-0.1, -0.05) is 18.2 Å². The molecule has 0 saturated carbocycles. The first kappa shape index (κ1) is 15.5. The van der Waals surface area contributed by atoms with Crippen molar-refractivity contribution in [2.75, 3.05) is 24.4 Å². The van der Waals surface area contributed by atoms with Crippen molar-refractivity contribution in [2.24, 2.45) is 0 Å². The minimum absolute atomic E-state index is 0.297. The van der Waals surface area contributed by atoms with Crippen molar-refractivity contribution in [2.45, 2.75) is 13.5 Å². The van der Waals surface area contributed by atoms with Crippen LogP contribution in [0.2, 0.25) is 0 Å². The minimum Gasteiger partial charge on any atom is -0.383 e. The van der Waals surface area contributed by atoms with Gasteiger partial charge in [-0.3, -0.25) is 5.32 Å². The molecule has 0 atom stereocenters. The van der Waals surface area contributed by atoms with E-state index in [9.17, 15) is 4.79 Å². The number of hydrogen-bond acceptors (Lipinski definition) is 4. The van der Waals surface area contributed by atoms with Crippen LogP contribution >= 0.6 is 11.3 Å². The van der Waals surface area contributed by atoms with E-state index in [1.165, 1.54) is 11.3 Å². The van der Waals surface area contributed by atoms with Gasteiger partial charge in [0.15, 0.2) is 5.13 Å². The molecule has 23 heavy (non-hydrogen) atoms. The van der Waals surface area contributed by atoms with Crippen molar-refractivity contribution in [3.05, 3.63) is 41.5 Å². The summed E-state index contributed by atoms with van der Waals surface area (Å²) in [7, 11) is 1.67. The van der Waals surface area contributed by atoms with Crippen molar-refractivity contribution in [1.29, 1.82) is 0 Å². The fraction of sp³-hybridized carbons (Fsp3) is 0.250. The highest BCUT2D eigenvalue weighted by atomic mass is 32.1. The monoisotopic (exact) mass is 330 g/mol. The molecular weight excluding hydrogens is 312 g/mol. The van der Waals surface area contributed by atoms with Crippen molar-refractivity contribution in [3.63, 3.8) is 0 Å². The van der Waals surface area contributed by atoms with Gasteiger partial charge in [-0.2, -0.15) is 0 Å². The molecule has 0 fully saturated rings. The number of anilines is 2. The summed E-state index contributed by atoms with van der Waals surface area (Å²) in [6.07, 6.45) is 1.93. The van der Waals surface area contributed by atoms with Crippen LogP contribution in [0, 0.1) is 6.92 Å². The van der Waals surface area contributed by atoms with E-state index in [0.717, 1.165) is 28.8 Å². The zero-order valence-corrected chi connectivity index (χ0v) is 13.8. The first-order valence-electron chi connectivity index (χ1n) is 7.24. The Hall–Kier alpha value is -2.38. The molecule has 6 nitrogen and oxygen atoms in total. The molecule has 2 N–H and O–H groups in total. The summed E-state index contributed by atoms with van der Waals surface area (Å²) in [4.78, 5) is 16.4. The van der Waals surface area contributed by atoms with Crippen LogP contribution in [0.15, 0.2) is 35.8 Å². The van der Waals surface area contributed by atoms with Gasteiger partial charge in [-0.05, 0) is 13.0 Å². The molecule has 2 heterocycles. The third kappa shape index (κ3) is 3.52. The number of hydrogen-bond donors (Lipinski definition) is 2. The van der Waals surface area contributed by atoms with Gasteiger partial charge in [0, 0.05) is 30.6 Å². The van der Waals surface area contributed by atoms with Gasteiger partial charge in [-0.15, -0.1) is 11.3 Å². The maximum absolute atomic E-state index is 12.2. The molecule has 0 saturated heterocycles. The zero-order chi connectivity index (χ0) is 16.2. The Morgan fingerprint density at radius 2 is 2.17 bits per heavy atom. The lowest BCUT2D eigenvalue weighted by Crippen LogP contribution is -2.19. The number of aromatic nitrogens is 2. The van der Waals surface area contributed by atoms with E-state index in [1.807, 2.05) is 42.8 Å². The lowest BCUT2D eigenvalue weighted by Gasteiger charge is -2.04. The molecule has 0 unspecified atom stereocenters. The molecule has 0 aliphatic heterocycles. The highest BCUT2D eigenvalue weighted by molar-refractivity contribution is 7.13. The van der Waals surface area contributed by atoms with Crippen molar-refractivity contribution >= 4 is 39.1 Å². The van der Waals surface area contributed by atoms with Crippen LogP contribution < -0.4 is 10.6 Å². The summed E-state index contributed by atoms with van der Waals surface area (Å²) < 4.78 is 7.21. The van der Waals surface area contributed by atoms with Gasteiger partial charge in [0.2, 0.25) is 0 Å². The maximum Gasteiger partial charge on any atom is 0.325 e. The number of ether oxygens (including phenoxy) is 1. The zero-order valence-electron chi connectivity index (χ0n) is 13.0. The quantitative estimate of drug-likeness (QED) is 0.749. The van der Waals surface area contributed by atoms with E-state index in [1.54, 1.807) is 7.11 Å². The fourth-order valence-electron chi connectivity index (χ4n) is 2.38. The first-order valence-corrected chi connectivity index (χ1v) is 8.12. The Labute approximate surface area is 138 Å². The second-order valence-corrected chi connectivity index (χ2v) is 5.98. The molecule has 0 aliphatic carbocycles. The Kier molecular flexibility index (Phi) is 4.59. The summed E-state index contributed by atoms with van der Waals surface area (Å²) in [5, 5.41) is 9.12. The minimum atomic E-state index is -0.297. The number of aryl methyl sites for hydroxylation is 1. The summed E-state index contributed by atoms with van der Waals surface area (Å²) in [6.45, 7) is 3.23. The molecule has 7 heteroatoms. The third-order valence-corrected chi connectivity index (χ3v) is 4.29. The molecular formula is C16H18N4O2S. The number of para-hydroxylation sites is 1. The average Bonchev–Trinajstić information content (AvgIpc) is 3.10. The molecule has 0 aliphatic rings. The van der Waals surface area contributed by atoms with Crippen LogP contribution in [-0.4, -0.2) is 29.3 Å². The predicted octanol–water partition coefficient (Wildman–Crippen LogP) is 3.70. The van der Waals surface area contributed by atoms with Crippen LogP contribution in [0.25, 0.3) is 10.9 Å². The van der Waals surface area contributed by atoms with E-state index >= 15 is 0 Å². The van der Waals surface area contributed by atoms with E-state index in [2.05, 4.69) is 20.2 Å². The van der Waals surface area contributed by atoms with Gasteiger partial charge in [-0.25, -0.2) is 9.78 Å².